The SMILES string of the molecule is CCCCCCCC/C=C\C/C=C/CCC(=O)OC(CCCCCCC/C=C/CCCCCCCC)CC(=O)NC(CO)C(O)CCCCCCCCCCCCC. The van der Waals surface area contributed by atoms with Crippen LogP contribution in [0.1, 0.15) is 258 Å². The number of aliphatic hydroxyl groups is 2. The van der Waals surface area contributed by atoms with Gasteiger partial charge >= 0.3 is 5.97 Å². The fraction of sp³-hybridized carbons (Fsp3) is 0.846. The molecule has 3 unspecified atom stereocenters. The molecule has 0 bridgehead atoms. The molecule has 0 heterocycles. The van der Waals surface area contributed by atoms with Crippen LogP contribution in [0.25, 0.3) is 0 Å². The van der Waals surface area contributed by atoms with Crippen LogP contribution < -0.4 is 5.32 Å². The number of hydrogen-bond donors (Lipinski definition) is 3. The number of ether oxygens (including phenoxy) is 1. The normalized spacial score (nSPS) is 13.5. The van der Waals surface area contributed by atoms with E-state index in [9.17, 15) is 19.8 Å². The summed E-state index contributed by atoms with van der Waals surface area (Å²) in [6.45, 7) is 6.45. The van der Waals surface area contributed by atoms with Gasteiger partial charge in [-0.25, -0.2) is 0 Å². The molecule has 0 saturated carbocycles. The molecule has 0 aromatic carbocycles. The van der Waals surface area contributed by atoms with Crippen molar-refractivity contribution in [3.63, 3.8) is 0 Å². The van der Waals surface area contributed by atoms with E-state index in [0.717, 1.165) is 57.8 Å². The minimum absolute atomic E-state index is 0.0516. The van der Waals surface area contributed by atoms with E-state index >= 15 is 0 Å². The number of carbonyl (C=O) groups excluding carboxylic acids is 2. The average Bonchev–Trinajstić information content (AvgIpc) is 3.22. The molecular formula is C52H97NO5. The highest BCUT2D eigenvalue weighted by Gasteiger charge is 2.24. The number of amides is 1. The quantitative estimate of drug-likeness (QED) is 0.0323. The summed E-state index contributed by atoms with van der Waals surface area (Å²) in [6.07, 6.45) is 53.5. The van der Waals surface area contributed by atoms with Crippen molar-refractivity contribution in [1.82, 2.24) is 5.32 Å². The molecule has 3 atom stereocenters. The van der Waals surface area contributed by atoms with Gasteiger partial charge in [0.2, 0.25) is 5.91 Å². The van der Waals surface area contributed by atoms with Crippen LogP contribution in [0.5, 0.6) is 0 Å². The Kier molecular flexibility index (Phi) is 44.6. The first kappa shape index (κ1) is 56.1. The zero-order valence-electron chi connectivity index (χ0n) is 38.7. The minimum atomic E-state index is -0.795. The van der Waals surface area contributed by atoms with Gasteiger partial charge in [0.25, 0.3) is 0 Å². The van der Waals surface area contributed by atoms with Gasteiger partial charge in [0, 0.05) is 6.42 Å². The molecule has 1 amide bonds. The third-order valence-corrected chi connectivity index (χ3v) is 11.5. The van der Waals surface area contributed by atoms with Crippen molar-refractivity contribution < 1.29 is 24.5 Å². The van der Waals surface area contributed by atoms with Gasteiger partial charge in [-0.15, -0.1) is 0 Å². The first-order valence-corrected chi connectivity index (χ1v) is 25.2. The molecule has 0 fully saturated rings. The molecule has 0 aromatic rings. The lowest BCUT2D eigenvalue weighted by atomic mass is 10.0. The van der Waals surface area contributed by atoms with Crippen molar-refractivity contribution in [3.05, 3.63) is 36.5 Å². The molecule has 0 aliphatic heterocycles. The fourth-order valence-electron chi connectivity index (χ4n) is 7.60. The maximum absolute atomic E-state index is 13.2. The summed E-state index contributed by atoms with van der Waals surface area (Å²) in [4.78, 5) is 26.0. The van der Waals surface area contributed by atoms with Crippen LogP contribution in [0.15, 0.2) is 36.5 Å². The lowest BCUT2D eigenvalue weighted by Gasteiger charge is -2.24. The van der Waals surface area contributed by atoms with Gasteiger partial charge in [-0.05, 0) is 70.6 Å². The zero-order valence-corrected chi connectivity index (χ0v) is 38.7. The molecule has 340 valence electrons. The molecule has 0 aliphatic carbocycles. The van der Waals surface area contributed by atoms with E-state index in [1.807, 2.05) is 6.08 Å². The molecule has 0 spiro atoms. The molecular weight excluding hydrogens is 719 g/mol. The van der Waals surface area contributed by atoms with Crippen LogP contribution in [0, 0.1) is 0 Å². The number of hydrogen-bond acceptors (Lipinski definition) is 5. The molecule has 0 aliphatic rings. The Morgan fingerprint density at radius 1 is 0.500 bits per heavy atom. The highest BCUT2D eigenvalue weighted by Crippen LogP contribution is 2.17. The van der Waals surface area contributed by atoms with Crippen LogP contribution in [0.4, 0.5) is 0 Å². The highest BCUT2D eigenvalue weighted by atomic mass is 16.5. The molecule has 0 radical (unpaired) electrons. The van der Waals surface area contributed by atoms with Gasteiger partial charge in [0.15, 0.2) is 0 Å². The van der Waals surface area contributed by atoms with E-state index in [1.54, 1.807) is 0 Å². The van der Waals surface area contributed by atoms with Crippen LogP contribution in [0.3, 0.4) is 0 Å². The molecule has 0 aromatic heterocycles. The summed E-state index contributed by atoms with van der Waals surface area (Å²) < 4.78 is 5.89. The predicted octanol–water partition coefficient (Wildman–Crippen LogP) is 14.9. The Morgan fingerprint density at radius 3 is 1.33 bits per heavy atom. The Hall–Kier alpha value is -1.92. The average molecular weight is 816 g/mol. The number of esters is 1. The van der Waals surface area contributed by atoms with Crippen LogP contribution in [-0.2, 0) is 14.3 Å². The van der Waals surface area contributed by atoms with Gasteiger partial charge in [0.05, 0.1) is 25.2 Å². The molecule has 6 nitrogen and oxygen atoms in total. The molecule has 0 saturated heterocycles. The molecule has 3 N–H and O–H groups in total. The van der Waals surface area contributed by atoms with Gasteiger partial charge < -0.3 is 20.3 Å². The standard InChI is InChI=1S/C52H97NO5/c1-4-7-10-13-16-19-22-24-25-27-29-31-34-37-40-43-48(58-52(57)45-42-39-36-33-30-26-23-20-17-14-11-8-5-2)46-51(56)53-49(47-54)50(55)44-41-38-35-32-28-21-18-15-12-9-6-3/h24-26,30,36,39,48-50,54-55H,4-23,27-29,31-35,37-38,40-47H2,1-3H3,(H,53,56)/b25-24+,30-26-,39-36+. The Labute approximate surface area is 360 Å². The van der Waals surface area contributed by atoms with Crippen LogP contribution >= 0.6 is 0 Å². The van der Waals surface area contributed by atoms with E-state index in [0.29, 0.717) is 25.7 Å². The number of aliphatic hydroxyl groups excluding tert-OH is 2. The summed E-state index contributed by atoms with van der Waals surface area (Å²) >= 11 is 0. The first-order chi connectivity index (χ1) is 28.5. The largest absolute Gasteiger partial charge is 0.462 e. The molecule has 58 heavy (non-hydrogen) atoms. The second-order valence-corrected chi connectivity index (χ2v) is 17.2. The lowest BCUT2D eigenvalue weighted by Crippen LogP contribution is -2.46. The van der Waals surface area contributed by atoms with Gasteiger partial charge in [0.1, 0.15) is 6.10 Å². The van der Waals surface area contributed by atoms with E-state index in [4.69, 9.17) is 4.74 Å². The Morgan fingerprint density at radius 2 is 0.879 bits per heavy atom. The second kappa shape index (κ2) is 46.2. The number of unbranched alkanes of at least 4 members (excludes halogenated alkanes) is 27. The monoisotopic (exact) mass is 816 g/mol. The van der Waals surface area contributed by atoms with Gasteiger partial charge in [-0.3, -0.25) is 9.59 Å². The second-order valence-electron chi connectivity index (χ2n) is 17.2. The van der Waals surface area contributed by atoms with E-state index in [1.165, 1.54) is 148 Å². The van der Waals surface area contributed by atoms with Crippen molar-refractivity contribution in [3.8, 4) is 0 Å². The van der Waals surface area contributed by atoms with Crippen molar-refractivity contribution in [1.29, 1.82) is 0 Å². The molecule has 6 heteroatoms. The van der Waals surface area contributed by atoms with Gasteiger partial charge in [-0.1, -0.05) is 211 Å². The summed E-state index contributed by atoms with van der Waals surface area (Å²) in [7, 11) is 0. The van der Waals surface area contributed by atoms with Crippen LogP contribution in [0.2, 0.25) is 0 Å². The molecule has 0 rings (SSSR count). The minimum Gasteiger partial charge on any atom is -0.462 e. The number of nitrogens with one attached hydrogen (secondary N) is 1. The summed E-state index contributed by atoms with van der Waals surface area (Å²) in [6, 6.07) is -0.711. The number of allylic oxidation sites excluding steroid dienone is 6. The number of carbonyl (C=O) groups is 2. The summed E-state index contributed by atoms with van der Waals surface area (Å²) in [5, 5.41) is 23.7. The lowest BCUT2D eigenvalue weighted by molar-refractivity contribution is -0.150. The van der Waals surface area contributed by atoms with E-state index < -0.39 is 18.2 Å². The topological polar surface area (TPSA) is 95.9 Å². The van der Waals surface area contributed by atoms with Gasteiger partial charge in [-0.2, -0.15) is 0 Å². The zero-order chi connectivity index (χ0) is 42.4. The smallest absolute Gasteiger partial charge is 0.306 e. The fourth-order valence-corrected chi connectivity index (χ4v) is 7.60. The maximum Gasteiger partial charge on any atom is 0.306 e. The van der Waals surface area contributed by atoms with E-state index in [2.05, 4.69) is 56.5 Å². The highest BCUT2D eigenvalue weighted by molar-refractivity contribution is 5.77. The van der Waals surface area contributed by atoms with Crippen molar-refractivity contribution in [2.45, 2.75) is 277 Å². The first-order valence-electron chi connectivity index (χ1n) is 25.2. The maximum atomic E-state index is 13.2. The van der Waals surface area contributed by atoms with Crippen molar-refractivity contribution >= 4 is 11.9 Å². The Balaban J connectivity index is 4.66. The predicted molar refractivity (Wildman–Crippen MR) is 250 cm³/mol. The van der Waals surface area contributed by atoms with Crippen molar-refractivity contribution in [2.75, 3.05) is 6.61 Å². The Bertz CT molecular complexity index is 961. The third kappa shape index (κ3) is 40.8. The summed E-state index contributed by atoms with van der Waals surface area (Å²) in [5.41, 5.74) is 0. The van der Waals surface area contributed by atoms with Crippen LogP contribution in [-0.4, -0.2) is 46.9 Å². The third-order valence-electron chi connectivity index (χ3n) is 11.5. The van der Waals surface area contributed by atoms with Crippen molar-refractivity contribution in [2.24, 2.45) is 0 Å². The van der Waals surface area contributed by atoms with E-state index in [-0.39, 0.29) is 24.9 Å². The summed E-state index contributed by atoms with van der Waals surface area (Å²) in [5.74, 6) is -0.556. The number of rotatable bonds is 45.